The fraction of sp³-hybridized carbons (Fsp3) is 0.667. The number of carbonyl (C=O) groups excluding carboxylic acids is 1. The molecule has 1 fully saturated rings. The molecule has 1 amide bonds. The molecular weight excluding hydrogens is 270 g/mol. The van der Waals surface area contributed by atoms with Crippen molar-refractivity contribution in [1.29, 1.82) is 0 Å². The summed E-state index contributed by atoms with van der Waals surface area (Å²) < 4.78 is 0. The van der Waals surface area contributed by atoms with Crippen LogP contribution in [0.2, 0.25) is 0 Å². The molecule has 0 aliphatic heterocycles. The predicted octanol–water partition coefficient (Wildman–Crippen LogP) is 2.33. The lowest BCUT2D eigenvalue weighted by molar-refractivity contribution is 0.0939. The van der Waals surface area contributed by atoms with Crippen LogP contribution >= 0.6 is 23.7 Å². The number of amides is 1. The fourth-order valence-corrected chi connectivity index (χ4v) is 2.88. The molecular formula is C12H20ClN3OS. The molecule has 18 heavy (non-hydrogen) atoms. The van der Waals surface area contributed by atoms with Gasteiger partial charge in [-0.2, -0.15) is 0 Å². The average molecular weight is 290 g/mol. The van der Waals surface area contributed by atoms with Crippen LogP contribution in [0.3, 0.4) is 0 Å². The van der Waals surface area contributed by atoms with Gasteiger partial charge >= 0.3 is 0 Å². The van der Waals surface area contributed by atoms with Crippen LogP contribution in [0.1, 0.15) is 47.6 Å². The van der Waals surface area contributed by atoms with E-state index in [-0.39, 0.29) is 18.3 Å². The van der Waals surface area contributed by atoms with Gasteiger partial charge < -0.3 is 11.1 Å². The summed E-state index contributed by atoms with van der Waals surface area (Å²) in [5.74, 6) is 0.590. The molecule has 1 aliphatic rings. The molecule has 2 rings (SSSR count). The summed E-state index contributed by atoms with van der Waals surface area (Å²) in [7, 11) is 0. The van der Waals surface area contributed by atoms with Gasteiger partial charge in [0.2, 0.25) is 0 Å². The predicted molar refractivity (Wildman–Crippen MR) is 76.2 cm³/mol. The molecule has 0 spiro atoms. The van der Waals surface area contributed by atoms with Gasteiger partial charge in [-0.25, -0.2) is 4.98 Å². The number of carbonyl (C=O) groups is 1. The maximum absolute atomic E-state index is 11.8. The molecule has 0 radical (unpaired) electrons. The SMILES string of the molecule is Cl.NCc1nc(C(=O)NCC2CCCCC2)cs1. The number of hydrogen-bond acceptors (Lipinski definition) is 4. The summed E-state index contributed by atoms with van der Waals surface area (Å²) in [5, 5.41) is 5.56. The number of rotatable bonds is 4. The fourth-order valence-electron chi connectivity index (χ4n) is 2.23. The van der Waals surface area contributed by atoms with Gasteiger partial charge in [-0.1, -0.05) is 19.3 Å². The standard InChI is InChI=1S/C12H19N3OS.ClH/c13-6-11-15-10(8-17-11)12(16)14-7-9-4-2-1-3-5-9;/h8-9H,1-7,13H2,(H,14,16);1H. The summed E-state index contributed by atoms with van der Waals surface area (Å²) in [6.45, 7) is 1.19. The van der Waals surface area contributed by atoms with Crippen LogP contribution in [0.15, 0.2) is 5.38 Å². The second-order valence-corrected chi connectivity index (χ2v) is 5.49. The quantitative estimate of drug-likeness (QED) is 0.894. The summed E-state index contributed by atoms with van der Waals surface area (Å²) in [6, 6.07) is 0. The zero-order valence-electron chi connectivity index (χ0n) is 10.4. The minimum absolute atomic E-state index is 0. The third-order valence-corrected chi connectivity index (χ3v) is 4.11. The molecule has 1 aromatic rings. The number of nitrogens with one attached hydrogen (secondary N) is 1. The van der Waals surface area contributed by atoms with Crippen molar-refractivity contribution in [3.05, 3.63) is 16.1 Å². The number of nitrogens with zero attached hydrogens (tertiary/aromatic N) is 1. The monoisotopic (exact) mass is 289 g/mol. The molecule has 0 unspecified atom stereocenters. The maximum atomic E-state index is 11.8. The summed E-state index contributed by atoms with van der Waals surface area (Å²) >= 11 is 1.44. The Kier molecular flexibility index (Phi) is 6.60. The van der Waals surface area contributed by atoms with Crippen LogP contribution in [0, 0.1) is 5.92 Å². The molecule has 1 saturated carbocycles. The van der Waals surface area contributed by atoms with Gasteiger partial charge in [0.15, 0.2) is 0 Å². The van der Waals surface area contributed by atoms with Crippen molar-refractivity contribution in [3.63, 3.8) is 0 Å². The molecule has 102 valence electrons. The van der Waals surface area contributed by atoms with Gasteiger partial charge in [-0.15, -0.1) is 23.7 Å². The van der Waals surface area contributed by atoms with Gasteiger partial charge in [-0.05, 0) is 18.8 Å². The molecule has 4 nitrogen and oxygen atoms in total. The molecule has 0 saturated heterocycles. The topological polar surface area (TPSA) is 68.0 Å². The minimum atomic E-state index is -0.0634. The first-order valence-electron chi connectivity index (χ1n) is 6.22. The highest BCUT2D eigenvalue weighted by Gasteiger charge is 2.16. The number of halogens is 1. The van der Waals surface area contributed by atoms with Crippen LogP contribution in [0.5, 0.6) is 0 Å². The highest BCUT2D eigenvalue weighted by Crippen LogP contribution is 2.22. The Labute approximate surface area is 118 Å². The Balaban J connectivity index is 0.00000162. The van der Waals surface area contributed by atoms with Crippen molar-refractivity contribution in [2.45, 2.75) is 38.6 Å². The van der Waals surface area contributed by atoms with Crippen LogP contribution in [0.25, 0.3) is 0 Å². The van der Waals surface area contributed by atoms with E-state index in [0.29, 0.717) is 18.2 Å². The van der Waals surface area contributed by atoms with Crippen LogP contribution in [-0.4, -0.2) is 17.4 Å². The molecule has 1 heterocycles. The third-order valence-electron chi connectivity index (χ3n) is 3.24. The Bertz CT molecular complexity index is 377. The normalized spacial score (nSPS) is 16.1. The first-order chi connectivity index (χ1) is 8.29. The van der Waals surface area contributed by atoms with E-state index in [1.165, 1.54) is 43.4 Å². The smallest absolute Gasteiger partial charge is 0.270 e. The Morgan fingerprint density at radius 2 is 2.17 bits per heavy atom. The lowest BCUT2D eigenvalue weighted by Gasteiger charge is -2.21. The van der Waals surface area contributed by atoms with Crippen LogP contribution in [0.4, 0.5) is 0 Å². The molecule has 6 heteroatoms. The Morgan fingerprint density at radius 3 is 2.78 bits per heavy atom. The molecule has 3 N–H and O–H groups in total. The van der Waals surface area contributed by atoms with Crippen molar-refractivity contribution >= 4 is 29.7 Å². The van der Waals surface area contributed by atoms with Crippen molar-refractivity contribution in [3.8, 4) is 0 Å². The Hall–Kier alpha value is -0.650. The first kappa shape index (κ1) is 15.4. The van der Waals surface area contributed by atoms with Gasteiger partial charge in [0.05, 0.1) is 0 Å². The van der Waals surface area contributed by atoms with E-state index in [4.69, 9.17) is 5.73 Å². The van der Waals surface area contributed by atoms with E-state index in [1.807, 2.05) is 0 Å². The second kappa shape index (κ2) is 7.71. The van der Waals surface area contributed by atoms with Gasteiger partial charge in [0.25, 0.3) is 5.91 Å². The van der Waals surface area contributed by atoms with Crippen molar-refractivity contribution in [1.82, 2.24) is 10.3 Å². The van der Waals surface area contributed by atoms with Crippen LogP contribution < -0.4 is 11.1 Å². The number of thiazole rings is 1. The van der Waals surface area contributed by atoms with E-state index >= 15 is 0 Å². The highest BCUT2D eigenvalue weighted by atomic mass is 35.5. The lowest BCUT2D eigenvalue weighted by atomic mass is 9.89. The Morgan fingerprint density at radius 1 is 1.44 bits per heavy atom. The van der Waals surface area contributed by atoms with Crippen molar-refractivity contribution in [2.24, 2.45) is 11.7 Å². The van der Waals surface area contributed by atoms with E-state index in [9.17, 15) is 4.79 Å². The lowest BCUT2D eigenvalue weighted by Crippen LogP contribution is -2.30. The molecule has 0 atom stereocenters. The molecule has 0 aromatic carbocycles. The van der Waals surface area contributed by atoms with E-state index in [0.717, 1.165) is 11.6 Å². The zero-order valence-corrected chi connectivity index (χ0v) is 12.0. The highest BCUT2D eigenvalue weighted by molar-refractivity contribution is 7.09. The summed E-state index contributed by atoms with van der Waals surface area (Å²) in [6.07, 6.45) is 6.43. The third kappa shape index (κ3) is 4.23. The number of nitrogens with two attached hydrogens (primary N) is 1. The van der Waals surface area contributed by atoms with E-state index < -0.39 is 0 Å². The van der Waals surface area contributed by atoms with E-state index in [2.05, 4.69) is 10.3 Å². The molecule has 0 bridgehead atoms. The zero-order chi connectivity index (χ0) is 12.1. The summed E-state index contributed by atoms with van der Waals surface area (Å²) in [5.41, 5.74) is 5.98. The van der Waals surface area contributed by atoms with Gasteiger partial charge in [-0.3, -0.25) is 4.79 Å². The second-order valence-electron chi connectivity index (χ2n) is 4.54. The van der Waals surface area contributed by atoms with E-state index in [1.54, 1.807) is 5.38 Å². The number of hydrogen-bond donors (Lipinski definition) is 2. The largest absolute Gasteiger partial charge is 0.350 e. The van der Waals surface area contributed by atoms with Gasteiger partial charge in [0.1, 0.15) is 10.7 Å². The van der Waals surface area contributed by atoms with Crippen LogP contribution in [-0.2, 0) is 6.54 Å². The molecule has 1 aliphatic carbocycles. The average Bonchev–Trinajstić information content (AvgIpc) is 2.86. The first-order valence-corrected chi connectivity index (χ1v) is 7.10. The van der Waals surface area contributed by atoms with Crippen molar-refractivity contribution in [2.75, 3.05) is 6.54 Å². The maximum Gasteiger partial charge on any atom is 0.270 e. The number of aromatic nitrogens is 1. The van der Waals surface area contributed by atoms with Gasteiger partial charge in [0, 0.05) is 18.5 Å². The minimum Gasteiger partial charge on any atom is -0.350 e. The van der Waals surface area contributed by atoms with Crippen molar-refractivity contribution < 1.29 is 4.79 Å². The molecule has 1 aromatic heterocycles. The summed E-state index contributed by atoms with van der Waals surface area (Å²) in [4.78, 5) is 16.0.